The number of hydroxylamine groups is 1. The van der Waals surface area contributed by atoms with Crippen LogP contribution in [0.5, 0.6) is 0 Å². The summed E-state index contributed by atoms with van der Waals surface area (Å²) in [6.45, 7) is 13.3. The van der Waals surface area contributed by atoms with Gasteiger partial charge in [0.05, 0.1) is 6.61 Å². The Morgan fingerprint density at radius 3 is 2.25 bits per heavy atom. The molecule has 0 saturated carbocycles. The summed E-state index contributed by atoms with van der Waals surface area (Å²) in [5, 5.41) is 5.22. The molecular formula is C23H35N3O6. The molecule has 3 amide bonds. The first-order valence-corrected chi connectivity index (χ1v) is 10.5. The summed E-state index contributed by atoms with van der Waals surface area (Å²) >= 11 is 0. The van der Waals surface area contributed by atoms with E-state index in [1.807, 2.05) is 38.1 Å². The van der Waals surface area contributed by atoms with Gasteiger partial charge < -0.3 is 20.1 Å². The maximum absolute atomic E-state index is 12.5. The van der Waals surface area contributed by atoms with E-state index in [1.165, 1.54) is 6.08 Å². The summed E-state index contributed by atoms with van der Waals surface area (Å²) in [5.41, 5.74) is 3.43. The van der Waals surface area contributed by atoms with Crippen LogP contribution in [0, 0.1) is 5.92 Å². The highest BCUT2D eigenvalue weighted by molar-refractivity contribution is 5.84. The molecule has 0 aliphatic heterocycles. The molecule has 0 unspecified atom stereocenters. The number of hydrogen-bond acceptors (Lipinski definition) is 6. The molecule has 178 valence electrons. The van der Waals surface area contributed by atoms with E-state index in [0.717, 1.165) is 11.1 Å². The van der Waals surface area contributed by atoms with Crippen molar-refractivity contribution in [2.75, 3.05) is 6.61 Å². The quantitative estimate of drug-likeness (QED) is 0.351. The molecule has 0 saturated heterocycles. The van der Waals surface area contributed by atoms with Crippen LogP contribution in [-0.2, 0) is 32.3 Å². The second-order valence-electron chi connectivity index (χ2n) is 8.64. The zero-order valence-corrected chi connectivity index (χ0v) is 19.5. The topological polar surface area (TPSA) is 115 Å². The summed E-state index contributed by atoms with van der Waals surface area (Å²) < 4.78 is 10.1. The molecule has 0 fully saturated rings. The van der Waals surface area contributed by atoms with Crippen molar-refractivity contribution in [3.8, 4) is 0 Å². The van der Waals surface area contributed by atoms with Crippen molar-refractivity contribution in [2.24, 2.45) is 5.92 Å². The summed E-state index contributed by atoms with van der Waals surface area (Å²) in [6, 6.07) is 6.53. The maximum atomic E-state index is 12.5. The maximum Gasteiger partial charge on any atom is 0.408 e. The number of rotatable bonds is 11. The number of hydrogen-bond donors (Lipinski definition) is 3. The highest BCUT2D eigenvalue weighted by Crippen LogP contribution is 2.10. The molecule has 0 heterocycles. The number of carbonyl (C=O) groups excluding carboxylic acids is 3. The third kappa shape index (κ3) is 11.9. The first-order chi connectivity index (χ1) is 15.0. The van der Waals surface area contributed by atoms with Gasteiger partial charge >= 0.3 is 12.2 Å². The molecule has 3 N–H and O–H groups in total. The normalized spacial score (nSPS) is 11.9. The number of amides is 3. The van der Waals surface area contributed by atoms with Crippen molar-refractivity contribution in [3.63, 3.8) is 0 Å². The van der Waals surface area contributed by atoms with E-state index >= 15 is 0 Å². The summed E-state index contributed by atoms with van der Waals surface area (Å²) in [4.78, 5) is 41.3. The van der Waals surface area contributed by atoms with Crippen LogP contribution in [0.2, 0.25) is 0 Å². The molecule has 0 aromatic heterocycles. The lowest BCUT2D eigenvalue weighted by Gasteiger charge is -2.24. The lowest BCUT2D eigenvalue weighted by atomic mass is 10.0. The van der Waals surface area contributed by atoms with E-state index in [2.05, 4.69) is 22.7 Å². The minimum Gasteiger partial charge on any atom is -0.445 e. The number of nitrogens with one attached hydrogen (secondary N) is 3. The molecule has 1 aromatic carbocycles. The first kappa shape index (κ1) is 27.0. The number of ether oxygens (including phenoxy) is 2. The van der Waals surface area contributed by atoms with E-state index in [-0.39, 0.29) is 19.1 Å². The Morgan fingerprint density at radius 2 is 1.69 bits per heavy atom. The highest BCUT2D eigenvalue weighted by atomic mass is 16.7. The summed E-state index contributed by atoms with van der Waals surface area (Å²) in [7, 11) is 0. The predicted molar refractivity (Wildman–Crippen MR) is 120 cm³/mol. The molecular weight excluding hydrogens is 414 g/mol. The van der Waals surface area contributed by atoms with Gasteiger partial charge in [0.2, 0.25) is 0 Å². The van der Waals surface area contributed by atoms with Crippen molar-refractivity contribution in [2.45, 2.75) is 65.8 Å². The SMILES string of the molecule is C=CCOC(=O)NCc1ccc(CONC(=O)[C@@H](CC(C)C)NC(=O)OC(C)(C)C)cc1. The van der Waals surface area contributed by atoms with Crippen LogP contribution >= 0.6 is 0 Å². The number of alkyl carbamates (subject to hydrolysis) is 2. The second-order valence-corrected chi connectivity index (χ2v) is 8.64. The average Bonchev–Trinajstić information content (AvgIpc) is 2.69. The predicted octanol–water partition coefficient (Wildman–Crippen LogP) is 3.59. The fourth-order valence-corrected chi connectivity index (χ4v) is 2.53. The van der Waals surface area contributed by atoms with Crippen molar-refractivity contribution < 1.29 is 28.7 Å². The fraction of sp³-hybridized carbons (Fsp3) is 0.522. The van der Waals surface area contributed by atoms with Crippen molar-refractivity contribution >= 4 is 18.1 Å². The third-order valence-corrected chi connectivity index (χ3v) is 3.92. The molecule has 0 aliphatic carbocycles. The van der Waals surface area contributed by atoms with Crippen molar-refractivity contribution in [3.05, 3.63) is 48.0 Å². The number of benzene rings is 1. The van der Waals surface area contributed by atoms with E-state index in [0.29, 0.717) is 13.0 Å². The van der Waals surface area contributed by atoms with Gasteiger partial charge in [-0.1, -0.05) is 50.8 Å². The lowest BCUT2D eigenvalue weighted by molar-refractivity contribution is -0.137. The molecule has 0 aliphatic rings. The minimum atomic E-state index is -0.779. The highest BCUT2D eigenvalue weighted by Gasteiger charge is 2.25. The Balaban J connectivity index is 2.49. The fourth-order valence-electron chi connectivity index (χ4n) is 2.53. The zero-order valence-electron chi connectivity index (χ0n) is 19.5. The van der Waals surface area contributed by atoms with Crippen LogP contribution in [0.3, 0.4) is 0 Å². The van der Waals surface area contributed by atoms with Crippen LogP contribution in [0.4, 0.5) is 9.59 Å². The van der Waals surface area contributed by atoms with E-state index in [9.17, 15) is 14.4 Å². The largest absolute Gasteiger partial charge is 0.445 e. The monoisotopic (exact) mass is 449 g/mol. The Kier molecular flexibility index (Phi) is 11.3. The molecule has 1 aromatic rings. The number of carbonyl (C=O) groups is 3. The molecule has 32 heavy (non-hydrogen) atoms. The standard InChI is InChI=1S/C23H35N3O6/c1-7-12-30-21(28)24-14-17-8-10-18(11-9-17)15-31-26-20(27)19(13-16(2)3)25-22(29)32-23(4,5)6/h7-11,16,19H,1,12-15H2,2-6H3,(H,24,28)(H,25,29)(H,26,27)/t19-/m1/s1. The van der Waals surface area contributed by atoms with Gasteiger partial charge in [0.1, 0.15) is 18.2 Å². The molecule has 9 nitrogen and oxygen atoms in total. The van der Waals surface area contributed by atoms with Crippen LogP contribution in [0.15, 0.2) is 36.9 Å². The van der Waals surface area contributed by atoms with Gasteiger partial charge in [0.15, 0.2) is 0 Å². The second kappa shape index (κ2) is 13.4. The summed E-state index contributed by atoms with van der Waals surface area (Å²) in [5.74, 6) is -0.278. The average molecular weight is 450 g/mol. The first-order valence-electron chi connectivity index (χ1n) is 10.5. The smallest absolute Gasteiger partial charge is 0.408 e. The van der Waals surface area contributed by atoms with Crippen LogP contribution in [-0.4, -0.2) is 36.3 Å². The Morgan fingerprint density at radius 1 is 1.06 bits per heavy atom. The van der Waals surface area contributed by atoms with Gasteiger partial charge in [-0.3, -0.25) is 9.63 Å². The van der Waals surface area contributed by atoms with E-state index < -0.39 is 29.7 Å². The zero-order chi connectivity index (χ0) is 24.1. The van der Waals surface area contributed by atoms with Gasteiger partial charge in [-0.25, -0.2) is 15.1 Å². The van der Waals surface area contributed by atoms with Gasteiger partial charge in [0.25, 0.3) is 5.91 Å². The van der Waals surface area contributed by atoms with Gasteiger partial charge in [-0.05, 0) is 44.2 Å². The Hall–Kier alpha value is -3.07. The Labute approximate surface area is 189 Å². The minimum absolute atomic E-state index is 0.141. The van der Waals surface area contributed by atoms with Crippen LogP contribution in [0.25, 0.3) is 0 Å². The van der Waals surface area contributed by atoms with Gasteiger partial charge in [0, 0.05) is 6.54 Å². The molecule has 9 heteroatoms. The summed E-state index contributed by atoms with van der Waals surface area (Å²) in [6.07, 6.45) is 0.754. The third-order valence-electron chi connectivity index (χ3n) is 3.92. The van der Waals surface area contributed by atoms with Crippen molar-refractivity contribution in [1.29, 1.82) is 0 Å². The van der Waals surface area contributed by atoms with Gasteiger partial charge in [-0.2, -0.15) is 0 Å². The van der Waals surface area contributed by atoms with E-state index in [1.54, 1.807) is 20.8 Å². The van der Waals surface area contributed by atoms with Crippen LogP contribution < -0.4 is 16.1 Å². The van der Waals surface area contributed by atoms with E-state index in [4.69, 9.17) is 14.3 Å². The molecule has 1 atom stereocenters. The molecule has 1 rings (SSSR count). The van der Waals surface area contributed by atoms with Crippen LogP contribution in [0.1, 0.15) is 52.2 Å². The van der Waals surface area contributed by atoms with Gasteiger partial charge in [-0.15, -0.1) is 0 Å². The Bertz CT molecular complexity index is 756. The molecule has 0 bridgehead atoms. The molecule has 0 spiro atoms. The molecule has 0 radical (unpaired) electrons. The van der Waals surface area contributed by atoms with Crippen molar-refractivity contribution in [1.82, 2.24) is 16.1 Å². The lowest BCUT2D eigenvalue weighted by Crippen LogP contribution is -2.48.